The van der Waals surface area contributed by atoms with Gasteiger partial charge in [0.2, 0.25) is 0 Å². The molecule has 0 fully saturated rings. The van der Waals surface area contributed by atoms with E-state index in [1.54, 1.807) is 23.0 Å². The number of aromatic nitrogens is 3. The number of carbonyl (C=O) groups is 1. The molecule has 1 atom stereocenters. The van der Waals surface area contributed by atoms with E-state index in [4.69, 9.17) is 4.74 Å². The number of benzene rings is 1. The van der Waals surface area contributed by atoms with Crippen molar-refractivity contribution in [2.45, 2.75) is 25.8 Å². The Kier molecular flexibility index (Phi) is 4.29. The van der Waals surface area contributed by atoms with Crippen LogP contribution in [0.5, 0.6) is 0 Å². The molecule has 2 N–H and O–H groups in total. The minimum atomic E-state index is -0.322. The number of nitrogens with zero attached hydrogens (tertiary/aromatic N) is 3. The number of hydrogen-bond acceptors (Lipinski definition) is 4. The monoisotopic (exact) mass is 305 g/mol. The molecule has 0 aliphatic carbocycles. The highest BCUT2D eigenvalue weighted by atomic mass is 19.1. The van der Waals surface area contributed by atoms with E-state index in [9.17, 15) is 9.18 Å². The van der Waals surface area contributed by atoms with Crippen LogP contribution in [0.3, 0.4) is 0 Å². The third kappa shape index (κ3) is 3.59. The van der Waals surface area contributed by atoms with Gasteiger partial charge in [0, 0.05) is 13.1 Å². The largest absolute Gasteiger partial charge is 0.368 e. The zero-order chi connectivity index (χ0) is 15.4. The summed E-state index contributed by atoms with van der Waals surface area (Å²) >= 11 is 0. The van der Waals surface area contributed by atoms with Crippen molar-refractivity contribution in [3.63, 3.8) is 0 Å². The molecule has 0 saturated heterocycles. The summed E-state index contributed by atoms with van der Waals surface area (Å²) in [6.07, 6.45) is 1.52. The number of ether oxygens (including phenoxy) is 1. The Morgan fingerprint density at radius 1 is 1.45 bits per heavy atom. The highest BCUT2D eigenvalue weighted by molar-refractivity contribution is 5.73. The molecule has 7 nitrogen and oxygen atoms in total. The van der Waals surface area contributed by atoms with Gasteiger partial charge in [-0.25, -0.2) is 13.9 Å². The van der Waals surface area contributed by atoms with Crippen LogP contribution in [0, 0.1) is 5.82 Å². The first-order valence-electron chi connectivity index (χ1n) is 6.96. The van der Waals surface area contributed by atoms with E-state index in [1.165, 1.54) is 12.1 Å². The smallest absolute Gasteiger partial charge is 0.315 e. The van der Waals surface area contributed by atoms with Crippen molar-refractivity contribution in [3.05, 3.63) is 47.5 Å². The van der Waals surface area contributed by atoms with Crippen LogP contribution in [-0.2, 0) is 24.4 Å². The number of urea groups is 1. The van der Waals surface area contributed by atoms with Gasteiger partial charge in [0.15, 0.2) is 0 Å². The molecule has 0 saturated carbocycles. The maximum Gasteiger partial charge on any atom is 0.315 e. The molecule has 0 bridgehead atoms. The quantitative estimate of drug-likeness (QED) is 0.876. The van der Waals surface area contributed by atoms with E-state index in [0.717, 1.165) is 5.69 Å². The van der Waals surface area contributed by atoms with Gasteiger partial charge in [0.1, 0.15) is 5.82 Å². The molecule has 2 amide bonds. The predicted octanol–water partition coefficient (Wildman–Crippen LogP) is 0.815. The third-order valence-electron chi connectivity index (χ3n) is 3.37. The number of amides is 2. The van der Waals surface area contributed by atoms with Crippen LogP contribution in [-0.4, -0.2) is 33.7 Å². The van der Waals surface area contributed by atoms with Crippen LogP contribution in [0.15, 0.2) is 30.5 Å². The Morgan fingerprint density at radius 3 is 3.23 bits per heavy atom. The summed E-state index contributed by atoms with van der Waals surface area (Å²) in [6, 6.07) is 5.78. The number of nitrogens with one attached hydrogen (secondary N) is 2. The lowest BCUT2D eigenvalue weighted by molar-refractivity contribution is 0.00263. The van der Waals surface area contributed by atoms with Gasteiger partial charge in [-0.05, 0) is 17.7 Å². The molecule has 8 heteroatoms. The summed E-state index contributed by atoms with van der Waals surface area (Å²) in [5, 5.41) is 13.2. The standard InChI is InChI=1S/C14H16FN5O2/c15-11-3-1-2-10(4-11)5-16-14(21)17-7-13-8-20-12(9-22-13)6-18-19-20/h1-4,6,13H,5,7-9H2,(H2,16,17,21). The Morgan fingerprint density at radius 2 is 2.36 bits per heavy atom. The Labute approximate surface area is 126 Å². The first-order valence-corrected chi connectivity index (χ1v) is 6.96. The average molecular weight is 305 g/mol. The Balaban J connectivity index is 1.41. The summed E-state index contributed by atoms with van der Waals surface area (Å²) in [5.41, 5.74) is 1.63. The lowest BCUT2D eigenvalue weighted by Gasteiger charge is -2.23. The SMILES string of the molecule is O=C(NCc1cccc(F)c1)NCC1Cn2nncc2CO1. The molecule has 1 aliphatic heterocycles. The van der Waals surface area contributed by atoms with Gasteiger partial charge < -0.3 is 15.4 Å². The van der Waals surface area contributed by atoms with Crippen LogP contribution in [0.25, 0.3) is 0 Å². The van der Waals surface area contributed by atoms with E-state index in [1.807, 2.05) is 0 Å². The van der Waals surface area contributed by atoms with Crippen molar-refractivity contribution in [1.29, 1.82) is 0 Å². The summed E-state index contributed by atoms with van der Waals surface area (Å²) in [6.45, 7) is 1.63. The van der Waals surface area contributed by atoms with Crippen molar-refractivity contribution in [2.75, 3.05) is 6.54 Å². The van der Waals surface area contributed by atoms with Gasteiger partial charge in [0.25, 0.3) is 0 Å². The van der Waals surface area contributed by atoms with Crippen LogP contribution < -0.4 is 10.6 Å². The van der Waals surface area contributed by atoms with Crippen molar-refractivity contribution < 1.29 is 13.9 Å². The summed E-state index contributed by atoms with van der Waals surface area (Å²) in [7, 11) is 0. The summed E-state index contributed by atoms with van der Waals surface area (Å²) in [5.74, 6) is -0.320. The molecular formula is C14H16FN5O2. The molecule has 1 aliphatic rings. The molecule has 0 spiro atoms. The van der Waals surface area contributed by atoms with Gasteiger partial charge in [-0.15, -0.1) is 5.10 Å². The molecular weight excluding hydrogens is 289 g/mol. The number of fused-ring (bicyclic) bond motifs is 1. The lowest BCUT2D eigenvalue weighted by Crippen LogP contribution is -2.43. The summed E-state index contributed by atoms with van der Waals surface area (Å²) in [4.78, 5) is 11.7. The number of halogens is 1. The van der Waals surface area contributed by atoms with E-state index in [2.05, 4.69) is 20.9 Å². The maximum atomic E-state index is 13.0. The topological polar surface area (TPSA) is 81.1 Å². The van der Waals surface area contributed by atoms with Gasteiger partial charge in [-0.3, -0.25) is 0 Å². The molecule has 2 aromatic rings. The Bertz CT molecular complexity index is 660. The van der Waals surface area contributed by atoms with Crippen molar-refractivity contribution in [2.24, 2.45) is 0 Å². The van der Waals surface area contributed by atoms with Crippen LogP contribution in [0.1, 0.15) is 11.3 Å². The molecule has 1 unspecified atom stereocenters. The van der Waals surface area contributed by atoms with Gasteiger partial charge in [-0.1, -0.05) is 17.3 Å². The normalized spacial score (nSPS) is 16.9. The molecule has 1 aromatic heterocycles. The molecule has 2 heterocycles. The fourth-order valence-electron chi connectivity index (χ4n) is 2.22. The van der Waals surface area contributed by atoms with E-state index in [-0.39, 0.29) is 24.5 Å². The molecule has 22 heavy (non-hydrogen) atoms. The van der Waals surface area contributed by atoms with Gasteiger partial charge in [0.05, 0.1) is 31.1 Å². The van der Waals surface area contributed by atoms with Crippen molar-refractivity contribution in [1.82, 2.24) is 25.6 Å². The van der Waals surface area contributed by atoms with Crippen LogP contribution in [0.2, 0.25) is 0 Å². The maximum absolute atomic E-state index is 13.0. The lowest BCUT2D eigenvalue weighted by atomic mass is 10.2. The van der Waals surface area contributed by atoms with Crippen molar-refractivity contribution in [3.8, 4) is 0 Å². The van der Waals surface area contributed by atoms with Gasteiger partial charge >= 0.3 is 6.03 Å². The summed E-state index contributed by atoms with van der Waals surface area (Å²) < 4.78 is 20.4. The second-order valence-corrected chi connectivity index (χ2v) is 5.03. The first kappa shape index (κ1) is 14.5. The highest BCUT2D eigenvalue weighted by Crippen LogP contribution is 2.10. The molecule has 116 valence electrons. The van der Waals surface area contributed by atoms with E-state index in [0.29, 0.717) is 25.3 Å². The minimum Gasteiger partial charge on any atom is -0.368 e. The van der Waals surface area contributed by atoms with E-state index >= 15 is 0 Å². The average Bonchev–Trinajstić information content (AvgIpc) is 2.98. The fourth-order valence-corrected chi connectivity index (χ4v) is 2.22. The van der Waals surface area contributed by atoms with Crippen LogP contribution >= 0.6 is 0 Å². The minimum absolute atomic E-state index is 0.144. The second kappa shape index (κ2) is 6.52. The van der Waals surface area contributed by atoms with Gasteiger partial charge in [-0.2, -0.15) is 0 Å². The number of rotatable bonds is 4. The molecule has 3 rings (SSSR count). The van der Waals surface area contributed by atoms with Crippen LogP contribution in [0.4, 0.5) is 9.18 Å². The molecule has 0 radical (unpaired) electrons. The number of hydrogen-bond donors (Lipinski definition) is 2. The second-order valence-electron chi connectivity index (χ2n) is 5.03. The fraction of sp³-hybridized carbons (Fsp3) is 0.357. The third-order valence-corrected chi connectivity index (χ3v) is 3.37. The predicted molar refractivity (Wildman–Crippen MR) is 75.2 cm³/mol. The number of carbonyl (C=O) groups excluding carboxylic acids is 1. The Hall–Kier alpha value is -2.48. The van der Waals surface area contributed by atoms with Crippen molar-refractivity contribution >= 4 is 6.03 Å². The van der Waals surface area contributed by atoms with E-state index < -0.39 is 0 Å². The zero-order valence-electron chi connectivity index (χ0n) is 11.8. The zero-order valence-corrected chi connectivity index (χ0v) is 11.8. The first-order chi connectivity index (χ1) is 10.7. The molecule has 1 aromatic carbocycles. The highest BCUT2D eigenvalue weighted by Gasteiger charge is 2.20.